The fourth-order valence-corrected chi connectivity index (χ4v) is 3.64. The van der Waals surface area contributed by atoms with Crippen LogP contribution in [0.1, 0.15) is 35.4 Å². The third-order valence-corrected chi connectivity index (χ3v) is 5.10. The van der Waals surface area contributed by atoms with Gasteiger partial charge in [0.25, 0.3) is 0 Å². The molecule has 1 fully saturated rings. The van der Waals surface area contributed by atoms with E-state index >= 15 is 0 Å². The first kappa shape index (κ1) is 17.1. The maximum atomic E-state index is 6.05. The van der Waals surface area contributed by atoms with Gasteiger partial charge in [-0.15, -0.1) is 0 Å². The van der Waals surface area contributed by atoms with Gasteiger partial charge in [0.1, 0.15) is 6.23 Å². The molecule has 2 aromatic carbocycles. The molecule has 0 amide bonds. The number of nitrogens with zero attached hydrogens (tertiary/aromatic N) is 2. The van der Waals surface area contributed by atoms with Crippen LogP contribution in [0.25, 0.3) is 5.69 Å². The molecule has 1 atom stereocenters. The van der Waals surface area contributed by atoms with E-state index in [2.05, 4.69) is 90.3 Å². The summed E-state index contributed by atoms with van der Waals surface area (Å²) in [6, 6.07) is 19.7. The van der Waals surface area contributed by atoms with E-state index in [1.165, 1.54) is 27.9 Å². The first-order valence-corrected chi connectivity index (χ1v) is 9.41. The summed E-state index contributed by atoms with van der Waals surface area (Å²) < 4.78 is 8.23. The van der Waals surface area contributed by atoms with Crippen molar-refractivity contribution in [2.75, 3.05) is 13.2 Å². The van der Waals surface area contributed by atoms with Crippen LogP contribution in [0.3, 0.4) is 0 Å². The molecule has 2 heterocycles. The second kappa shape index (κ2) is 7.48. The summed E-state index contributed by atoms with van der Waals surface area (Å²) in [5.74, 6) is 0. The zero-order valence-electron chi connectivity index (χ0n) is 15.6. The average molecular weight is 346 g/mol. The smallest absolute Gasteiger partial charge is 0.138 e. The van der Waals surface area contributed by atoms with E-state index < -0.39 is 0 Å². The standard InChI is InChI=1S/C23H26N2O/c1-3-19-7-9-22(10-8-19)24-12-11-21(17-24)23-25(13-14-26-23)16-20-6-4-5-18(2)15-20/h4-12,15,17,23H,3,13-14,16H2,1-2H3/t23-/m0/s1. The van der Waals surface area contributed by atoms with E-state index in [0.29, 0.717) is 0 Å². The predicted octanol–water partition coefficient (Wildman–Crippen LogP) is 4.88. The van der Waals surface area contributed by atoms with Gasteiger partial charge < -0.3 is 9.30 Å². The molecule has 3 nitrogen and oxygen atoms in total. The molecule has 1 aliphatic heterocycles. The number of ether oxygens (including phenoxy) is 1. The zero-order valence-corrected chi connectivity index (χ0v) is 15.6. The van der Waals surface area contributed by atoms with Crippen molar-refractivity contribution in [1.82, 2.24) is 9.47 Å². The molecule has 4 rings (SSSR count). The van der Waals surface area contributed by atoms with Gasteiger partial charge in [0.2, 0.25) is 0 Å². The lowest BCUT2D eigenvalue weighted by molar-refractivity contribution is 0.0288. The van der Waals surface area contributed by atoms with Gasteiger partial charge in [0.15, 0.2) is 0 Å². The molecule has 0 aliphatic carbocycles. The molecule has 3 heteroatoms. The van der Waals surface area contributed by atoms with Gasteiger partial charge in [-0.3, -0.25) is 4.90 Å². The Kier molecular flexibility index (Phi) is 4.91. The Morgan fingerprint density at radius 1 is 1.04 bits per heavy atom. The van der Waals surface area contributed by atoms with Crippen LogP contribution in [0, 0.1) is 6.92 Å². The lowest BCUT2D eigenvalue weighted by atomic mass is 10.1. The van der Waals surface area contributed by atoms with E-state index in [-0.39, 0.29) is 6.23 Å². The SMILES string of the molecule is CCc1ccc(-n2ccc([C@@H]3OCCN3Cc3cccc(C)c3)c2)cc1. The second-order valence-corrected chi connectivity index (χ2v) is 7.05. The van der Waals surface area contributed by atoms with E-state index in [9.17, 15) is 0 Å². The monoisotopic (exact) mass is 346 g/mol. The molecule has 1 saturated heterocycles. The number of hydrogen-bond acceptors (Lipinski definition) is 2. The third kappa shape index (κ3) is 3.59. The normalized spacial score (nSPS) is 17.7. The first-order valence-electron chi connectivity index (χ1n) is 9.41. The van der Waals surface area contributed by atoms with Crippen LogP contribution in [0.2, 0.25) is 0 Å². The van der Waals surface area contributed by atoms with Gasteiger partial charge in [-0.1, -0.05) is 48.9 Å². The highest BCUT2D eigenvalue weighted by molar-refractivity contribution is 5.37. The van der Waals surface area contributed by atoms with Gasteiger partial charge in [-0.2, -0.15) is 0 Å². The van der Waals surface area contributed by atoms with Gasteiger partial charge in [0, 0.05) is 36.7 Å². The zero-order chi connectivity index (χ0) is 17.9. The maximum Gasteiger partial charge on any atom is 0.138 e. The Morgan fingerprint density at radius 3 is 2.65 bits per heavy atom. The predicted molar refractivity (Wildman–Crippen MR) is 105 cm³/mol. The lowest BCUT2D eigenvalue weighted by Crippen LogP contribution is -2.23. The molecule has 1 aliphatic rings. The molecule has 134 valence electrons. The summed E-state index contributed by atoms with van der Waals surface area (Å²) in [5.41, 5.74) is 6.42. The first-order chi connectivity index (χ1) is 12.7. The molecule has 0 unspecified atom stereocenters. The molecular weight excluding hydrogens is 320 g/mol. The molecule has 26 heavy (non-hydrogen) atoms. The van der Waals surface area contributed by atoms with Crippen molar-refractivity contribution >= 4 is 0 Å². The summed E-state index contributed by atoms with van der Waals surface area (Å²) in [6.45, 7) is 7.00. The minimum atomic E-state index is 0.0340. The van der Waals surface area contributed by atoms with Crippen LogP contribution in [-0.2, 0) is 17.7 Å². The number of aryl methyl sites for hydroxylation is 2. The number of benzene rings is 2. The highest BCUT2D eigenvalue weighted by atomic mass is 16.5. The number of rotatable bonds is 5. The van der Waals surface area contributed by atoms with Crippen LogP contribution >= 0.6 is 0 Å². The highest BCUT2D eigenvalue weighted by Crippen LogP contribution is 2.29. The maximum absolute atomic E-state index is 6.05. The number of aromatic nitrogens is 1. The van der Waals surface area contributed by atoms with E-state index in [1.54, 1.807) is 0 Å². The third-order valence-electron chi connectivity index (χ3n) is 5.10. The average Bonchev–Trinajstić information content (AvgIpc) is 3.31. The van der Waals surface area contributed by atoms with Crippen molar-refractivity contribution in [3.05, 3.63) is 89.2 Å². The van der Waals surface area contributed by atoms with Gasteiger partial charge in [-0.25, -0.2) is 0 Å². The van der Waals surface area contributed by atoms with Crippen molar-refractivity contribution in [2.45, 2.75) is 33.0 Å². The molecule has 3 aromatic rings. The largest absolute Gasteiger partial charge is 0.357 e. The molecular formula is C23H26N2O. The van der Waals surface area contributed by atoms with Crippen molar-refractivity contribution in [3.63, 3.8) is 0 Å². The van der Waals surface area contributed by atoms with Crippen LogP contribution in [-0.4, -0.2) is 22.6 Å². The van der Waals surface area contributed by atoms with Crippen molar-refractivity contribution < 1.29 is 4.74 Å². The number of hydrogen-bond donors (Lipinski definition) is 0. The van der Waals surface area contributed by atoms with Crippen molar-refractivity contribution in [1.29, 1.82) is 0 Å². The fourth-order valence-electron chi connectivity index (χ4n) is 3.64. The van der Waals surface area contributed by atoms with E-state index in [1.807, 2.05) is 0 Å². The summed E-state index contributed by atoms with van der Waals surface area (Å²) in [4.78, 5) is 2.41. The second-order valence-electron chi connectivity index (χ2n) is 7.05. The topological polar surface area (TPSA) is 17.4 Å². The molecule has 1 aromatic heterocycles. The van der Waals surface area contributed by atoms with Gasteiger partial charge >= 0.3 is 0 Å². The Balaban J connectivity index is 1.52. The molecule has 0 spiro atoms. The van der Waals surface area contributed by atoms with Crippen LogP contribution in [0.5, 0.6) is 0 Å². The van der Waals surface area contributed by atoms with Crippen LogP contribution < -0.4 is 0 Å². The lowest BCUT2D eigenvalue weighted by Gasteiger charge is -2.22. The van der Waals surface area contributed by atoms with Gasteiger partial charge in [0.05, 0.1) is 6.61 Å². The Hall–Kier alpha value is -2.36. The summed E-state index contributed by atoms with van der Waals surface area (Å²) >= 11 is 0. The van der Waals surface area contributed by atoms with E-state index in [4.69, 9.17) is 4.74 Å². The van der Waals surface area contributed by atoms with Gasteiger partial charge in [-0.05, 0) is 42.7 Å². The van der Waals surface area contributed by atoms with Crippen molar-refractivity contribution in [3.8, 4) is 5.69 Å². The molecule has 0 bridgehead atoms. The Morgan fingerprint density at radius 2 is 1.88 bits per heavy atom. The van der Waals surface area contributed by atoms with E-state index in [0.717, 1.165) is 26.1 Å². The van der Waals surface area contributed by atoms with Crippen LogP contribution in [0.4, 0.5) is 0 Å². The minimum Gasteiger partial charge on any atom is -0.357 e. The highest BCUT2D eigenvalue weighted by Gasteiger charge is 2.27. The summed E-state index contributed by atoms with van der Waals surface area (Å²) in [6.07, 6.45) is 5.43. The van der Waals surface area contributed by atoms with Crippen molar-refractivity contribution in [2.24, 2.45) is 0 Å². The molecule has 0 N–H and O–H groups in total. The van der Waals surface area contributed by atoms with Crippen LogP contribution in [0.15, 0.2) is 67.0 Å². The fraction of sp³-hybridized carbons (Fsp3) is 0.304. The quantitative estimate of drug-likeness (QED) is 0.655. The molecule has 0 radical (unpaired) electrons. The minimum absolute atomic E-state index is 0.0340. The molecule has 0 saturated carbocycles. The Labute approximate surface area is 155 Å². The Bertz CT molecular complexity index is 866. The summed E-state index contributed by atoms with van der Waals surface area (Å²) in [7, 11) is 0. The summed E-state index contributed by atoms with van der Waals surface area (Å²) in [5, 5.41) is 0.